The molecule has 0 aliphatic rings. The Morgan fingerprint density at radius 3 is 2.50 bits per heavy atom. The number of aryl methyl sites for hydroxylation is 1. The van der Waals surface area contributed by atoms with Gasteiger partial charge in [-0.15, -0.1) is 0 Å². The van der Waals surface area contributed by atoms with Crippen LogP contribution < -0.4 is 0 Å². The first-order chi connectivity index (χ1) is 5.65. The van der Waals surface area contributed by atoms with E-state index in [1.54, 1.807) is 0 Å². The fourth-order valence-corrected chi connectivity index (χ4v) is 2.54. The van der Waals surface area contributed by atoms with Crippen molar-refractivity contribution in [3.8, 4) is 0 Å². The third kappa shape index (κ3) is 2.33. The van der Waals surface area contributed by atoms with Gasteiger partial charge in [0.05, 0.1) is 0 Å². The average molecular weight is 292 g/mol. The molecule has 0 spiro atoms. The van der Waals surface area contributed by atoms with Gasteiger partial charge in [0.2, 0.25) is 0 Å². The quantitative estimate of drug-likeness (QED) is 0.754. The molecule has 2 heteroatoms. The molecule has 0 radical (unpaired) electrons. The summed E-state index contributed by atoms with van der Waals surface area (Å²) in [6, 6.07) is 4.29. The van der Waals surface area contributed by atoms with Crippen molar-refractivity contribution in [2.24, 2.45) is 0 Å². The fraction of sp³-hybridized carbons (Fsp3) is 0.400. The van der Waals surface area contributed by atoms with Crippen molar-refractivity contribution in [1.29, 1.82) is 0 Å². The van der Waals surface area contributed by atoms with Crippen molar-refractivity contribution in [3.05, 3.63) is 32.2 Å². The molecule has 0 N–H and O–H groups in total. The average Bonchev–Trinajstić information content (AvgIpc) is 2.00. The maximum absolute atomic E-state index is 3.54. The highest BCUT2D eigenvalue weighted by Crippen LogP contribution is 2.25. The van der Waals surface area contributed by atoms with Crippen LogP contribution in [-0.2, 0) is 6.42 Å². The van der Waals surface area contributed by atoms with Crippen LogP contribution in [0, 0.1) is 6.92 Å². The molecule has 0 amide bonds. The number of hydrogen-bond donors (Lipinski definition) is 0. The van der Waals surface area contributed by atoms with Gasteiger partial charge < -0.3 is 0 Å². The minimum atomic E-state index is 1.16. The second-order valence-electron chi connectivity index (χ2n) is 2.92. The zero-order chi connectivity index (χ0) is 9.14. The number of hydrogen-bond acceptors (Lipinski definition) is 0. The molecular weight excluding hydrogens is 280 g/mol. The summed E-state index contributed by atoms with van der Waals surface area (Å²) in [7, 11) is 0. The lowest BCUT2D eigenvalue weighted by Crippen LogP contribution is -1.89. The summed E-state index contributed by atoms with van der Waals surface area (Å²) in [5, 5.41) is 0. The molecule has 1 aromatic carbocycles. The van der Waals surface area contributed by atoms with E-state index in [-0.39, 0.29) is 0 Å². The zero-order valence-corrected chi connectivity index (χ0v) is 10.5. The maximum atomic E-state index is 3.54. The lowest BCUT2D eigenvalue weighted by Gasteiger charge is -2.07. The van der Waals surface area contributed by atoms with Gasteiger partial charge in [-0.1, -0.05) is 45.2 Å². The normalized spacial score (nSPS) is 10.3. The van der Waals surface area contributed by atoms with Gasteiger partial charge in [0.25, 0.3) is 0 Å². The van der Waals surface area contributed by atoms with Crippen LogP contribution in [0.5, 0.6) is 0 Å². The van der Waals surface area contributed by atoms with E-state index in [0.717, 1.165) is 10.9 Å². The molecule has 0 aliphatic carbocycles. The van der Waals surface area contributed by atoms with Crippen LogP contribution in [0.1, 0.15) is 24.5 Å². The molecule has 0 aromatic heterocycles. The van der Waals surface area contributed by atoms with Gasteiger partial charge in [-0.05, 0) is 36.6 Å². The Kier molecular flexibility index (Phi) is 3.78. The lowest BCUT2D eigenvalue weighted by molar-refractivity contribution is 0.910. The Morgan fingerprint density at radius 2 is 1.92 bits per heavy atom. The predicted molar refractivity (Wildman–Crippen MR) is 60.6 cm³/mol. The highest BCUT2D eigenvalue weighted by molar-refractivity contribution is 9.11. The van der Waals surface area contributed by atoms with Gasteiger partial charge in [0.1, 0.15) is 0 Å². The van der Waals surface area contributed by atoms with E-state index in [9.17, 15) is 0 Å². The maximum Gasteiger partial charge on any atom is 0.0218 e. The van der Waals surface area contributed by atoms with E-state index in [1.807, 2.05) is 0 Å². The van der Waals surface area contributed by atoms with Gasteiger partial charge >= 0.3 is 0 Å². The first-order valence-electron chi connectivity index (χ1n) is 4.09. The molecule has 0 saturated carbocycles. The van der Waals surface area contributed by atoms with Crippen molar-refractivity contribution in [1.82, 2.24) is 0 Å². The van der Waals surface area contributed by atoms with E-state index in [4.69, 9.17) is 0 Å². The molecule has 0 unspecified atom stereocenters. The standard InChI is InChI=1S/C10H12Br2/c1-3-4-8-5-9(11)6-10(12)7(8)2/h5-6H,3-4H2,1-2H3. The van der Waals surface area contributed by atoms with E-state index >= 15 is 0 Å². The summed E-state index contributed by atoms with van der Waals surface area (Å²) in [5.41, 5.74) is 2.79. The van der Waals surface area contributed by atoms with Crippen molar-refractivity contribution in [3.63, 3.8) is 0 Å². The number of rotatable bonds is 2. The van der Waals surface area contributed by atoms with E-state index in [1.165, 1.54) is 22.0 Å². The molecule has 0 nitrogen and oxygen atoms in total. The summed E-state index contributed by atoms with van der Waals surface area (Å²) in [5.74, 6) is 0. The van der Waals surface area contributed by atoms with Crippen LogP contribution >= 0.6 is 31.9 Å². The molecule has 66 valence electrons. The Labute approximate surface area is 90.6 Å². The summed E-state index contributed by atoms with van der Waals surface area (Å²) in [6.45, 7) is 4.36. The van der Waals surface area contributed by atoms with Crippen LogP contribution in [0.15, 0.2) is 21.1 Å². The van der Waals surface area contributed by atoms with Crippen molar-refractivity contribution in [2.75, 3.05) is 0 Å². The Hall–Kier alpha value is 0.180. The molecule has 1 rings (SSSR count). The third-order valence-electron chi connectivity index (χ3n) is 1.94. The Morgan fingerprint density at radius 1 is 1.25 bits per heavy atom. The van der Waals surface area contributed by atoms with Crippen molar-refractivity contribution < 1.29 is 0 Å². The largest absolute Gasteiger partial charge is 0.0651 e. The monoisotopic (exact) mass is 290 g/mol. The van der Waals surface area contributed by atoms with Gasteiger partial charge in [0.15, 0.2) is 0 Å². The molecule has 0 heterocycles. The molecule has 1 aromatic rings. The highest BCUT2D eigenvalue weighted by Gasteiger charge is 2.02. The van der Waals surface area contributed by atoms with E-state index in [0.29, 0.717) is 0 Å². The summed E-state index contributed by atoms with van der Waals surface area (Å²) < 4.78 is 2.35. The fourth-order valence-electron chi connectivity index (χ4n) is 1.23. The van der Waals surface area contributed by atoms with E-state index < -0.39 is 0 Å². The highest BCUT2D eigenvalue weighted by atomic mass is 79.9. The van der Waals surface area contributed by atoms with Crippen LogP contribution in [0.25, 0.3) is 0 Å². The van der Waals surface area contributed by atoms with E-state index in [2.05, 4.69) is 57.8 Å². The van der Waals surface area contributed by atoms with Crippen molar-refractivity contribution in [2.45, 2.75) is 26.7 Å². The summed E-state index contributed by atoms with van der Waals surface area (Å²) in [4.78, 5) is 0. The van der Waals surface area contributed by atoms with Gasteiger partial charge in [-0.25, -0.2) is 0 Å². The second-order valence-corrected chi connectivity index (χ2v) is 4.69. The second kappa shape index (κ2) is 4.43. The topological polar surface area (TPSA) is 0 Å². The molecule has 12 heavy (non-hydrogen) atoms. The minimum Gasteiger partial charge on any atom is -0.0651 e. The smallest absolute Gasteiger partial charge is 0.0218 e. The molecule has 0 saturated heterocycles. The summed E-state index contributed by atoms with van der Waals surface area (Å²) in [6.07, 6.45) is 2.35. The first kappa shape index (κ1) is 10.3. The minimum absolute atomic E-state index is 1.16. The predicted octanol–water partition coefficient (Wildman–Crippen LogP) is 4.47. The lowest BCUT2D eigenvalue weighted by atomic mass is 10.1. The summed E-state index contributed by atoms with van der Waals surface area (Å²) >= 11 is 7.02. The Bertz CT molecular complexity index is 279. The van der Waals surface area contributed by atoms with Gasteiger partial charge in [0, 0.05) is 8.95 Å². The molecule has 0 fully saturated rings. The number of halogens is 2. The first-order valence-corrected chi connectivity index (χ1v) is 5.68. The number of benzene rings is 1. The van der Waals surface area contributed by atoms with Crippen LogP contribution in [0.3, 0.4) is 0 Å². The zero-order valence-electron chi connectivity index (χ0n) is 7.32. The van der Waals surface area contributed by atoms with Gasteiger partial charge in [-0.3, -0.25) is 0 Å². The van der Waals surface area contributed by atoms with Gasteiger partial charge in [-0.2, -0.15) is 0 Å². The molecular formula is C10H12Br2. The van der Waals surface area contributed by atoms with Crippen molar-refractivity contribution >= 4 is 31.9 Å². The van der Waals surface area contributed by atoms with Crippen LogP contribution in [-0.4, -0.2) is 0 Å². The van der Waals surface area contributed by atoms with Crippen LogP contribution in [0.4, 0.5) is 0 Å². The molecule has 0 bridgehead atoms. The molecule has 0 atom stereocenters. The SMILES string of the molecule is CCCc1cc(Br)cc(Br)c1C. The third-order valence-corrected chi connectivity index (χ3v) is 3.22. The Balaban J connectivity index is 3.09. The van der Waals surface area contributed by atoms with Crippen LogP contribution in [0.2, 0.25) is 0 Å². The molecule has 0 aliphatic heterocycles.